The molecule has 4 aromatic rings. The normalized spacial score (nSPS) is 12.4. The van der Waals surface area contributed by atoms with Crippen molar-refractivity contribution < 1.29 is 9.13 Å². The van der Waals surface area contributed by atoms with Crippen molar-refractivity contribution in [1.82, 2.24) is 19.7 Å². The van der Waals surface area contributed by atoms with Crippen LogP contribution in [0, 0.1) is 5.82 Å². The van der Waals surface area contributed by atoms with Crippen LogP contribution >= 0.6 is 0 Å². The highest BCUT2D eigenvalue weighted by Gasteiger charge is 2.20. The van der Waals surface area contributed by atoms with E-state index in [0.29, 0.717) is 29.0 Å². The summed E-state index contributed by atoms with van der Waals surface area (Å²) in [5.41, 5.74) is 10.0. The maximum absolute atomic E-state index is 14.6. The van der Waals surface area contributed by atoms with Crippen molar-refractivity contribution >= 4 is 11.0 Å². The highest BCUT2D eigenvalue weighted by molar-refractivity contribution is 5.83. The number of rotatable bonds is 5. The maximum atomic E-state index is 14.6. The Labute approximate surface area is 155 Å². The van der Waals surface area contributed by atoms with Gasteiger partial charge in [-0.3, -0.25) is 5.10 Å². The van der Waals surface area contributed by atoms with Gasteiger partial charge in [0.1, 0.15) is 17.4 Å². The molecule has 0 aliphatic carbocycles. The first-order valence-electron chi connectivity index (χ1n) is 8.70. The van der Waals surface area contributed by atoms with Gasteiger partial charge in [0.15, 0.2) is 0 Å². The van der Waals surface area contributed by atoms with Crippen molar-refractivity contribution in [1.29, 1.82) is 0 Å². The van der Waals surface area contributed by atoms with Crippen molar-refractivity contribution in [2.45, 2.75) is 19.5 Å². The Hall–Kier alpha value is -3.19. The first-order valence-corrected chi connectivity index (χ1v) is 8.70. The van der Waals surface area contributed by atoms with E-state index < -0.39 is 6.04 Å². The number of aryl methyl sites for hydroxylation is 1. The maximum Gasteiger partial charge on any atom is 0.133 e. The van der Waals surface area contributed by atoms with Gasteiger partial charge in [0, 0.05) is 29.9 Å². The number of aromatic nitrogens is 4. The number of nitrogens with two attached hydrogens (primary N) is 1. The Morgan fingerprint density at radius 3 is 2.67 bits per heavy atom. The Morgan fingerprint density at radius 2 is 2.04 bits per heavy atom. The number of hydrogen-bond acceptors (Lipinski definition) is 4. The topological polar surface area (TPSA) is 81.8 Å². The molecule has 0 radical (unpaired) electrons. The highest BCUT2D eigenvalue weighted by atomic mass is 19.1. The first kappa shape index (κ1) is 17.2. The second-order valence-electron chi connectivity index (χ2n) is 6.27. The lowest BCUT2D eigenvalue weighted by Crippen LogP contribution is -2.17. The molecule has 27 heavy (non-hydrogen) atoms. The standard InChI is InChI=1S/C20H20FN5O/c1-3-26-18-8-15(13-10-23-24-11-13)16(21)9-17(18)25-20(26)19(22)12-4-6-14(27-2)7-5-12/h4-11,19H,3,22H2,1-2H3,(H,23,24). The predicted molar refractivity (Wildman–Crippen MR) is 102 cm³/mol. The minimum atomic E-state index is -0.427. The molecule has 0 fully saturated rings. The van der Waals surface area contributed by atoms with Crippen molar-refractivity contribution in [2.24, 2.45) is 5.73 Å². The van der Waals surface area contributed by atoms with Crippen LogP contribution in [0.4, 0.5) is 4.39 Å². The number of imidazole rings is 1. The lowest BCUT2D eigenvalue weighted by atomic mass is 10.1. The molecular formula is C20H20FN5O. The molecule has 1 atom stereocenters. The van der Waals surface area contributed by atoms with E-state index in [1.54, 1.807) is 25.6 Å². The molecule has 138 valence electrons. The van der Waals surface area contributed by atoms with Crippen molar-refractivity contribution in [3.8, 4) is 16.9 Å². The van der Waals surface area contributed by atoms with Crippen LogP contribution in [0.25, 0.3) is 22.2 Å². The zero-order valence-electron chi connectivity index (χ0n) is 15.1. The summed E-state index contributed by atoms with van der Waals surface area (Å²) in [6.45, 7) is 2.69. The van der Waals surface area contributed by atoms with E-state index in [-0.39, 0.29) is 5.82 Å². The first-order chi connectivity index (χ1) is 13.1. The number of halogens is 1. The fourth-order valence-electron chi connectivity index (χ4n) is 3.31. The van der Waals surface area contributed by atoms with E-state index in [2.05, 4.69) is 15.2 Å². The summed E-state index contributed by atoms with van der Waals surface area (Å²) in [6.07, 6.45) is 3.27. The number of benzene rings is 2. The quantitative estimate of drug-likeness (QED) is 0.566. The minimum Gasteiger partial charge on any atom is -0.497 e. The molecule has 2 aromatic carbocycles. The van der Waals surface area contributed by atoms with Gasteiger partial charge in [-0.1, -0.05) is 12.1 Å². The summed E-state index contributed by atoms with van der Waals surface area (Å²) in [5, 5.41) is 6.62. The van der Waals surface area contributed by atoms with E-state index in [0.717, 1.165) is 16.8 Å². The third-order valence-corrected chi connectivity index (χ3v) is 4.75. The van der Waals surface area contributed by atoms with Gasteiger partial charge in [0.2, 0.25) is 0 Å². The Kier molecular flexibility index (Phi) is 4.37. The number of ether oxygens (including phenoxy) is 1. The van der Waals surface area contributed by atoms with Gasteiger partial charge in [0.25, 0.3) is 0 Å². The molecule has 6 nitrogen and oxygen atoms in total. The van der Waals surface area contributed by atoms with E-state index in [1.807, 2.05) is 35.8 Å². The molecule has 0 saturated heterocycles. The van der Waals surface area contributed by atoms with Gasteiger partial charge < -0.3 is 15.0 Å². The SMILES string of the molecule is CCn1c(C(N)c2ccc(OC)cc2)nc2cc(F)c(-c3cn[nH]c3)cc21. The Morgan fingerprint density at radius 1 is 1.26 bits per heavy atom. The zero-order valence-corrected chi connectivity index (χ0v) is 15.1. The average Bonchev–Trinajstić information content (AvgIpc) is 3.34. The lowest BCUT2D eigenvalue weighted by molar-refractivity contribution is 0.414. The van der Waals surface area contributed by atoms with Gasteiger partial charge in [-0.15, -0.1) is 0 Å². The van der Waals surface area contributed by atoms with Crippen molar-refractivity contribution in [3.05, 3.63) is 66.0 Å². The summed E-state index contributed by atoms with van der Waals surface area (Å²) < 4.78 is 21.8. The molecule has 7 heteroatoms. The molecule has 0 amide bonds. The number of methoxy groups -OCH3 is 1. The smallest absolute Gasteiger partial charge is 0.133 e. The largest absolute Gasteiger partial charge is 0.497 e. The van der Waals surface area contributed by atoms with E-state index >= 15 is 0 Å². The molecule has 0 aliphatic heterocycles. The molecule has 0 saturated carbocycles. The number of aromatic amines is 1. The van der Waals surface area contributed by atoms with E-state index in [9.17, 15) is 4.39 Å². The number of fused-ring (bicyclic) bond motifs is 1. The third-order valence-electron chi connectivity index (χ3n) is 4.75. The summed E-state index contributed by atoms with van der Waals surface area (Å²) in [5.74, 6) is 1.12. The Balaban J connectivity index is 1.83. The van der Waals surface area contributed by atoms with Crippen LogP contribution in [0.15, 0.2) is 48.8 Å². The monoisotopic (exact) mass is 365 g/mol. The van der Waals surface area contributed by atoms with Crippen LogP contribution in [-0.4, -0.2) is 26.9 Å². The summed E-state index contributed by atoms with van der Waals surface area (Å²) in [4.78, 5) is 4.63. The van der Waals surface area contributed by atoms with Crippen molar-refractivity contribution in [3.63, 3.8) is 0 Å². The van der Waals surface area contributed by atoms with Gasteiger partial charge in [0.05, 0.1) is 30.4 Å². The molecule has 0 spiro atoms. The molecule has 0 aliphatic rings. The fourth-order valence-corrected chi connectivity index (χ4v) is 3.31. The lowest BCUT2D eigenvalue weighted by Gasteiger charge is -2.14. The van der Waals surface area contributed by atoms with Crippen LogP contribution in [0.5, 0.6) is 5.75 Å². The van der Waals surface area contributed by atoms with Crippen molar-refractivity contribution in [2.75, 3.05) is 7.11 Å². The third kappa shape index (κ3) is 2.96. The number of H-pyrrole nitrogens is 1. The fraction of sp³-hybridized carbons (Fsp3) is 0.200. The second kappa shape index (κ2) is 6.85. The van der Waals surface area contributed by atoms with Gasteiger partial charge in [-0.05, 0) is 30.7 Å². The van der Waals surface area contributed by atoms with Gasteiger partial charge >= 0.3 is 0 Å². The minimum absolute atomic E-state index is 0.339. The van der Waals surface area contributed by atoms with Crippen LogP contribution in [0.2, 0.25) is 0 Å². The average molecular weight is 365 g/mol. The number of hydrogen-bond donors (Lipinski definition) is 2. The molecule has 3 N–H and O–H groups in total. The van der Waals surface area contributed by atoms with E-state index in [1.165, 1.54) is 6.07 Å². The predicted octanol–water partition coefficient (Wildman–Crippen LogP) is 3.64. The molecule has 1 unspecified atom stereocenters. The summed E-state index contributed by atoms with van der Waals surface area (Å²) in [7, 11) is 1.62. The summed E-state index contributed by atoms with van der Waals surface area (Å²) in [6, 6.07) is 10.4. The van der Waals surface area contributed by atoms with E-state index in [4.69, 9.17) is 10.5 Å². The Bertz CT molecular complexity index is 1070. The van der Waals surface area contributed by atoms with Gasteiger partial charge in [-0.25, -0.2) is 9.37 Å². The summed E-state index contributed by atoms with van der Waals surface area (Å²) >= 11 is 0. The van der Waals surface area contributed by atoms with Gasteiger partial charge in [-0.2, -0.15) is 5.10 Å². The molecule has 0 bridgehead atoms. The van der Waals surface area contributed by atoms with Crippen LogP contribution in [-0.2, 0) is 6.54 Å². The molecule has 2 heterocycles. The van der Waals surface area contributed by atoms with Crippen LogP contribution in [0.1, 0.15) is 24.4 Å². The van der Waals surface area contributed by atoms with Crippen LogP contribution in [0.3, 0.4) is 0 Å². The highest BCUT2D eigenvalue weighted by Crippen LogP contribution is 2.30. The number of nitrogens with one attached hydrogen (secondary N) is 1. The van der Waals surface area contributed by atoms with Crippen LogP contribution < -0.4 is 10.5 Å². The number of nitrogens with zero attached hydrogens (tertiary/aromatic N) is 3. The second-order valence-corrected chi connectivity index (χ2v) is 6.27. The molecular weight excluding hydrogens is 345 g/mol. The molecule has 2 aromatic heterocycles. The molecule has 4 rings (SSSR count). The zero-order chi connectivity index (χ0) is 19.0.